The first-order valence-electron chi connectivity index (χ1n) is 10.7. The lowest BCUT2D eigenvalue weighted by Crippen LogP contribution is -2.29. The first-order chi connectivity index (χ1) is 16.0. The number of aryl methyl sites for hydroxylation is 1. The minimum absolute atomic E-state index is 0.122. The molecule has 0 aliphatic heterocycles. The Bertz CT molecular complexity index is 1470. The Hall–Kier alpha value is -3.36. The first kappa shape index (κ1) is 21.5. The lowest BCUT2D eigenvalue weighted by atomic mass is 10.0. The summed E-state index contributed by atoms with van der Waals surface area (Å²) in [5.41, 5.74) is 2.71. The molecule has 0 unspecified atom stereocenters. The molecule has 0 N–H and O–H groups in total. The third-order valence-electron chi connectivity index (χ3n) is 5.56. The zero-order chi connectivity index (χ0) is 22.9. The number of benzene rings is 2. The minimum Gasteiger partial charge on any atom is -0.298 e. The van der Waals surface area contributed by atoms with E-state index in [2.05, 4.69) is 18.8 Å². The highest BCUT2D eigenvalue weighted by molar-refractivity contribution is 7.22. The molecule has 3 heterocycles. The van der Waals surface area contributed by atoms with Crippen molar-refractivity contribution in [3.8, 4) is 0 Å². The van der Waals surface area contributed by atoms with Crippen LogP contribution in [0.1, 0.15) is 31.7 Å². The Morgan fingerprint density at radius 1 is 1.09 bits per heavy atom. The van der Waals surface area contributed by atoms with Crippen LogP contribution in [0.5, 0.6) is 0 Å². The van der Waals surface area contributed by atoms with E-state index < -0.39 is 0 Å². The second-order valence-corrected chi connectivity index (χ2v) is 9.98. The predicted molar refractivity (Wildman–Crippen MR) is 136 cm³/mol. The average molecular weight is 475 g/mol. The summed E-state index contributed by atoms with van der Waals surface area (Å²) in [5.74, 6) is 0.278. The Balaban J connectivity index is 1.47. The number of amides is 1. The van der Waals surface area contributed by atoms with Gasteiger partial charge in [-0.15, -0.1) is 11.3 Å². The Morgan fingerprint density at radius 2 is 1.88 bits per heavy atom. The number of fused-ring (bicyclic) bond motifs is 2. The van der Waals surface area contributed by atoms with Gasteiger partial charge in [0.15, 0.2) is 5.13 Å². The van der Waals surface area contributed by atoms with Crippen molar-refractivity contribution in [3.05, 3.63) is 82.2 Å². The number of para-hydroxylation sites is 1. The number of aromatic nitrogens is 3. The minimum atomic E-state index is -0.123. The van der Waals surface area contributed by atoms with Crippen LogP contribution in [0.2, 0.25) is 0 Å². The summed E-state index contributed by atoms with van der Waals surface area (Å²) in [5, 5.41) is 3.06. The van der Waals surface area contributed by atoms with Crippen LogP contribution in [0.4, 0.5) is 10.8 Å². The van der Waals surface area contributed by atoms with Crippen LogP contribution in [0.25, 0.3) is 20.4 Å². The number of anilines is 2. The van der Waals surface area contributed by atoms with Crippen LogP contribution in [0.15, 0.2) is 71.1 Å². The van der Waals surface area contributed by atoms with Crippen LogP contribution in [-0.4, -0.2) is 20.4 Å². The maximum absolute atomic E-state index is 13.5. The van der Waals surface area contributed by atoms with E-state index in [1.807, 2.05) is 53.9 Å². The van der Waals surface area contributed by atoms with Crippen LogP contribution < -0.4 is 10.5 Å². The van der Waals surface area contributed by atoms with Gasteiger partial charge in [-0.05, 0) is 47.2 Å². The maximum Gasteiger partial charge on any atom is 0.262 e. The molecule has 0 atom stereocenters. The summed E-state index contributed by atoms with van der Waals surface area (Å²) >= 11 is 2.91. The standard InChI is InChI=1S/C25H22N4O2S2/c1-16(2)17-7-9-18(10-8-17)29(25-27-20-5-3-4-6-21(20)33-25)22(30)11-13-28-15-26-23-19(24(28)31)12-14-32-23/h3-10,12,14-16H,11,13H2,1-2H3. The summed E-state index contributed by atoms with van der Waals surface area (Å²) in [4.78, 5) is 37.7. The second-order valence-electron chi connectivity index (χ2n) is 8.07. The predicted octanol–water partition coefficient (Wildman–Crippen LogP) is 5.95. The molecule has 2 aromatic carbocycles. The molecule has 33 heavy (non-hydrogen) atoms. The van der Waals surface area contributed by atoms with Gasteiger partial charge in [0.2, 0.25) is 5.91 Å². The van der Waals surface area contributed by atoms with Crippen molar-refractivity contribution < 1.29 is 4.79 Å². The summed E-state index contributed by atoms with van der Waals surface area (Å²) in [6, 6.07) is 17.7. The third-order valence-corrected chi connectivity index (χ3v) is 7.40. The molecule has 0 saturated heterocycles. The van der Waals surface area contributed by atoms with Crippen molar-refractivity contribution in [2.24, 2.45) is 0 Å². The summed E-state index contributed by atoms with van der Waals surface area (Å²) in [6.45, 7) is 4.53. The monoisotopic (exact) mass is 474 g/mol. The Kier molecular flexibility index (Phi) is 5.78. The summed E-state index contributed by atoms with van der Waals surface area (Å²) < 4.78 is 2.53. The van der Waals surface area contributed by atoms with E-state index in [0.717, 1.165) is 15.9 Å². The average Bonchev–Trinajstić information content (AvgIpc) is 3.46. The third kappa shape index (κ3) is 4.19. The molecule has 0 saturated carbocycles. The van der Waals surface area contributed by atoms with E-state index in [4.69, 9.17) is 4.98 Å². The fourth-order valence-corrected chi connectivity index (χ4v) is 5.43. The van der Waals surface area contributed by atoms with Gasteiger partial charge in [-0.25, -0.2) is 9.97 Å². The van der Waals surface area contributed by atoms with Crippen molar-refractivity contribution >= 4 is 59.8 Å². The van der Waals surface area contributed by atoms with Gasteiger partial charge >= 0.3 is 0 Å². The first-order valence-corrected chi connectivity index (χ1v) is 12.4. The fraction of sp³-hybridized carbons (Fsp3) is 0.200. The van der Waals surface area contributed by atoms with E-state index >= 15 is 0 Å². The van der Waals surface area contributed by atoms with Crippen LogP contribution >= 0.6 is 22.7 Å². The van der Waals surface area contributed by atoms with Crippen molar-refractivity contribution in [1.29, 1.82) is 0 Å². The topological polar surface area (TPSA) is 68.1 Å². The van der Waals surface area contributed by atoms with Crippen LogP contribution in [0.3, 0.4) is 0 Å². The molecule has 0 aliphatic rings. The molecule has 3 aromatic heterocycles. The number of thiophene rings is 1. The molecule has 1 amide bonds. The molecule has 0 radical (unpaired) electrons. The molecule has 8 heteroatoms. The molecule has 5 rings (SSSR count). The van der Waals surface area contributed by atoms with E-state index in [1.54, 1.807) is 11.0 Å². The molecular weight excluding hydrogens is 452 g/mol. The van der Waals surface area contributed by atoms with Gasteiger partial charge in [0.05, 0.1) is 27.6 Å². The van der Waals surface area contributed by atoms with E-state index in [1.165, 1.54) is 39.1 Å². The van der Waals surface area contributed by atoms with Gasteiger partial charge in [-0.3, -0.25) is 19.1 Å². The number of carbonyl (C=O) groups excluding carboxylic acids is 1. The Labute approximate surface area is 198 Å². The molecule has 5 aromatic rings. The van der Waals surface area contributed by atoms with Gasteiger partial charge in [-0.1, -0.05) is 49.4 Å². The number of hydrogen-bond donors (Lipinski definition) is 0. The maximum atomic E-state index is 13.5. The number of thiazole rings is 1. The van der Waals surface area contributed by atoms with Gasteiger partial charge in [0.25, 0.3) is 5.56 Å². The van der Waals surface area contributed by atoms with Gasteiger partial charge in [0, 0.05) is 13.0 Å². The van der Waals surface area contributed by atoms with Crippen molar-refractivity contribution in [1.82, 2.24) is 14.5 Å². The number of hydrogen-bond acceptors (Lipinski definition) is 6. The van der Waals surface area contributed by atoms with Crippen LogP contribution in [0, 0.1) is 0 Å². The molecular formula is C25H22N4O2S2. The highest BCUT2D eigenvalue weighted by Gasteiger charge is 2.22. The fourth-order valence-electron chi connectivity index (χ4n) is 3.71. The smallest absolute Gasteiger partial charge is 0.262 e. The van der Waals surface area contributed by atoms with Gasteiger partial charge < -0.3 is 0 Å². The van der Waals surface area contributed by atoms with Crippen LogP contribution in [-0.2, 0) is 11.3 Å². The summed E-state index contributed by atoms with van der Waals surface area (Å²) in [6.07, 6.45) is 1.67. The quantitative estimate of drug-likeness (QED) is 0.305. The van der Waals surface area contributed by atoms with Crippen molar-refractivity contribution in [2.45, 2.75) is 32.7 Å². The molecule has 0 bridgehead atoms. The highest BCUT2D eigenvalue weighted by atomic mass is 32.1. The Morgan fingerprint density at radius 3 is 2.64 bits per heavy atom. The van der Waals surface area contributed by atoms with E-state index in [0.29, 0.717) is 21.3 Å². The molecule has 0 spiro atoms. The molecule has 0 aliphatic carbocycles. The van der Waals surface area contributed by atoms with Gasteiger partial charge in [-0.2, -0.15) is 0 Å². The largest absolute Gasteiger partial charge is 0.298 e. The highest BCUT2D eigenvalue weighted by Crippen LogP contribution is 2.34. The number of nitrogens with zero attached hydrogens (tertiary/aromatic N) is 4. The second kappa shape index (κ2) is 8.88. The molecule has 166 valence electrons. The SMILES string of the molecule is CC(C)c1ccc(N(C(=O)CCn2cnc3sccc3c2=O)c2nc3ccccc3s2)cc1. The number of rotatable bonds is 6. The summed E-state index contributed by atoms with van der Waals surface area (Å²) in [7, 11) is 0. The molecule has 0 fully saturated rings. The number of carbonyl (C=O) groups is 1. The lowest BCUT2D eigenvalue weighted by molar-refractivity contribution is -0.118. The van der Waals surface area contributed by atoms with E-state index in [9.17, 15) is 9.59 Å². The molecule has 6 nitrogen and oxygen atoms in total. The normalized spacial score (nSPS) is 11.5. The zero-order valence-electron chi connectivity index (χ0n) is 18.3. The van der Waals surface area contributed by atoms with Gasteiger partial charge in [0.1, 0.15) is 4.83 Å². The van der Waals surface area contributed by atoms with E-state index in [-0.39, 0.29) is 24.4 Å². The lowest BCUT2D eigenvalue weighted by Gasteiger charge is -2.21. The van der Waals surface area contributed by atoms with Crippen molar-refractivity contribution in [2.75, 3.05) is 4.90 Å². The zero-order valence-corrected chi connectivity index (χ0v) is 19.9. The van der Waals surface area contributed by atoms with Crippen molar-refractivity contribution in [3.63, 3.8) is 0 Å².